The van der Waals surface area contributed by atoms with Gasteiger partial charge in [-0.15, -0.1) is 0 Å². The van der Waals surface area contributed by atoms with E-state index in [9.17, 15) is 4.79 Å². The number of aryl methyl sites for hydroxylation is 1. The summed E-state index contributed by atoms with van der Waals surface area (Å²) in [6.45, 7) is 4.10. The van der Waals surface area contributed by atoms with Gasteiger partial charge >= 0.3 is 5.97 Å². The minimum Gasteiger partial charge on any atom is -0.465 e. The molecule has 23 heavy (non-hydrogen) atoms. The minimum absolute atomic E-state index is 0.179. The van der Waals surface area contributed by atoms with Gasteiger partial charge in [-0.25, -0.2) is 4.79 Å². The summed E-state index contributed by atoms with van der Waals surface area (Å²) in [6, 6.07) is 11.8. The Hall–Kier alpha value is -2.75. The Morgan fingerprint density at radius 3 is 2.57 bits per heavy atom. The highest BCUT2D eigenvalue weighted by Gasteiger charge is 2.14. The Kier molecular flexibility index (Phi) is 4.06. The Balaban J connectivity index is 2.08. The molecule has 0 aliphatic carbocycles. The molecule has 1 atom stereocenters. The predicted octanol–water partition coefficient (Wildman–Crippen LogP) is 3.88. The van der Waals surface area contributed by atoms with Gasteiger partial charge in [-0.3, -0.25) is 9.97 Å². The molecule has 0 saturated carbocycles. The van der Waals surface area contributed by atoms with E-state index in [-0.39, 0.29) is 11.9 Å². The van der Waals surface area contributed by atoms with Crippen molar-refractivity contribution >= 4 is 16.9 Å². The van der Waals surface area contributed by atoms with Crippen molar-refractivity contribution in [3.63, 3.8) is 0 Å². The summed E-state index contributed by atoms with van der Waals surface area (Å²) in [5.41, 5.74) is 4.57. The van der Waals surface area contributed by atoms with Gasteiger partial charge in [0.25, 0.3) is 0 Å². The summed E-state index contributed by atoms with van der Waals surface area (Å²) < 4.78 is 4.87. The molecule has 0 amide bonds. The third-order valence-corrected chi connectivity index (χ3v) is 4.11. The largest absolute Gasteiger partial charge is 0.465 e. The molecule has 0 N–H and O–H groups in total. The number of ether oxygens (including phenoxy) is 1. The molecule has 116 valence electrons. The Morgan fingerprint density at radius 2 is 1.87 bits per heavy atom. The van der Waals surface area contributed by atoms with Crippen LogP contribution in [0.25, 0.3) is 10.9 Å². The van der Waals surface area contributed by atoms with E-state index in [0.29, 0.717) is 5.56 Å². The molecule has 1 aromatic carbocycles. The average molecular weight is 306 g/mol. The summed E-state index contributed by atoms with van der Waals surface area (Å²) in [7, 11) is 1.39. The fourth-order valence-corrected chi connectivity index (χ4v) is 2.65. The first-order valence-corrected chi connectivity index (χ1v) is 7.49. The van der Waals surface area contributed by atoms with E-state index in [4.69, 9.17) is 4.74 Å². The number of carbonyl (C=O) groups is 1. The smallest absolute Gasteiger partial charge is 0.338 e. The van der Waals surface area contributed by atoms with Crippen LogP contribution in [0, 0.1) is 6.92 Å². The third kappa shape index (κ3) is 2.93. The summed E-state index contributed by atoms with van der Waals surface area (Å²) in [6.07, 6.45) is 3.52. The zero-order valence-corrected chi connectivity index (χ0v) is 13.4. The van der Waals surface area contributed by atoms with Crippen LogP contribution >= 0.6 is 0 Å². The van der Waals surface area contributed by atoms with Crippen molar-refractivity contribution < 1.29 is 9.53 Å². The number of hydrogen-bond donors (Lipinski definition) is 0. The summed E-state index contributed by atoms with van der Waals surface area (Å²) in [5.74, 6) is -0.169. The molecule has 0 unspecified atom stereocenters. The van der Waals surface area contributed by atoms with Crippen LogP contribution < -0.4 is 0 Å². The quantitative estimate of drug-likeness (QED) is 0.689. The van der Waals surface area contributed by atoms with Crippen molar-refractivity contribution in [3.05, 3.63) is 71.2 Å². The van der Waals surface area contributed by atoms with E-state index >= 15 is 0 Å². The Morgan fingerprint density at radius 1 is 1.09 bits per heavy atom. The van der Waals surface area contributed by atoms with Crippen LogP contribution in [0.2, 0.25) is 0 Å². The molecular weight excluding hydrogens is 288 g/mol. The van der Waals surface area contributed by atoms with Crippen LogP contribution in [-0.2, 0) is 4.74 Å². The van der Waals surface area contributed by atoms with Crippen molar-refractivity contribution in [3.8, 4) is 0 Å². The summed E-state index contributed by atoms with van der Waals surface area (Å²) in [5, 5.41) is 0.809. The molecule has 0 radical (unpaired) electrons. The fourth-order valence-electron chi connectivity index (χ4n) is 2.65. The number of rotatable bonds is 3. The van der Waals surface area contributed by atoms with Crippen LogP contribution in [0.15, 0.2) is 48.8 Å². The molecule has 3 aromatic rings. The lowest BCUT2D eigenvalue weighted by atomic mass is 9.92. The van der Waals surface area contributed by atoms with Gasteiger partial charge in [0.15, 0.2) is 0 Å². The van der Waals surface area contributed by atoms with Gasteiger partial charge < -0.3 is 4.74 Å². The summed E-state index contributed by atoms with van der Waals surface area (Å²) in [4.78, 5) is 20.6. The van der Waals surface area contributed by atoms with Crippen LogP contribution in [0.3, 0.4) is 0 Å². The number of pyridine rings is 2. The average Bonchev–Trinajstić information content (AvgIpc) is 2.60. The highest BCUT2D eigenvalue weighted by Crippen LogP contribution is 2.27. The molecule has 0 aliphatic heterocycles. The van der Waals surface area contributed by atoms with Crippen molar-refractivity contribution in [1.82, 2.24) is 9.97 Å². The normalized spacial score (nSPS) is 12.1. The highest BCUT2D eigenvalue weighted by molar-refractivity contribution is 6.03. The number of benzene rings is 1. The molecule has 0 bridgehead atoms. The van der Waals surface area contributed by atoms with E-state index in [0.717, 1.165) is 27.7 Å². The van der Waals surface area contributed by atoms with Gasteiger partial charge in [0.05, 0.1) is 18.2 Å². The van der Waals surface area contributed by atoms with Gasteiger partial charge in [0.1, 0.15) is 0 Å². The minimum atomic E-state index is -0.348. The Bertz CT molecular complexity index is 857. The zero-order valence-electron chi connectivity index (χ0n) is 13.4. The number of aromatic nitrogens is 2. The van der Waals surface area contributed by atoms with E-state index in [2.05, 4.69) is 23.0 Å². The topological polar surface area (TPSA) is 52.1 Å². The molecule has 0 fully saturated rings. The number of fused-ring (bicyclic) bond motifs is 1. The predicted molar refractivity (Wildman–Crippen MR) is 89.6 cm³/mol. The Labute approximate surface area is 135 Å². The van der Waals surface area contributed by atoms with Crippen molar-refractivity contribution in [2.45, 2.75) is 19.8 Å². The molecular formula is C19H18N2O2. The lowest BCUT2D eigenvalue weighted by molar-refractivity contribution is 0.0603. The lowest BCUT2D eigenvalue weighted by Gasteiger charge is -2.14. The second-order valence-corrected chi connectivity index (χ2v) is 5.58. The summed E-state index contributed by atoms with van der Waals surface area (Å²) >= 11 is 0. The van der Waals surface area contributed by atoms with Crippen molar-refractivity contribution in [2.75, 3.05) is 7.11 Å². The third-order valence-electron chi connectivity index (χ3n) is 4.11. The maximum Gasteiger partial charge on any atom is 0.338 e. The van der Waals surface area contributed by atoms with E-state index < -0.39 is 0 Å². The number of nitrogens with zero attached hydrogens (tertiary/aromatic N) is 2. The second-order valence-electron chi connectivity index (χ2n) is 5.58. The molecule has 2 heterocycles. The van der Waals surface area contributed by atoms with Crippen molar-refractivity contribution in [1.29, 1.82) is 0 Å². The first kappa shape index (κ1) is 15.2. The molecule has 4 heteroatoms. The maximum absolute atomic E-state index is 12.0. The molecule has 4 nitrogen and oxygen atoms in total. The standard InChI is InChI=1S/C19H18N2O2/c1-12-4-5-15(11-21-12)13(2)14-6-7-18-17(10-14)16(8-9-20-18)19(22)23-3/h4-11,13H,1-3H3/t13-/m0/s1. The number of hydrogen-bond acceptors (Lipinski definition) is 4. The molecule has 0 spiro atoms. The van der Waals surface area contributed by atoms with Gasteiger partial charge in [-0.2, -0.15) is 0 Å². The van der Waals surface area contributed by atoms with Gasteiger partial charge in [-0.1, -0.05) is 19.1 Å². The zero-order chi connectivity index (χ0) is 16.4. The number of esters is 1. The first-order valence-electron chi connectivity index (χ1n) is 7.49. The molecule has 3 rings (SSSR count). The molecule has 0 saturated heterocycles. The van der Waals surface area contributed by atoms with Gasteiger partial charge in [0.2, 0.25) is 0 Å². The van der Waals surface area contributed by atoms with E-state index in [1.807, 2.05) is 37.4 Å². The first-order chi connectivity index (χ1) is 11.1. The number of methoxy groups -OCH3 is 1. The SMILES string of the molecule is COC(=O)c1ccnc2ccc([C@H](C)c3ccc(C)nc3)cc12. The number of carbonyl (C=O) groups excluding carboxylic acids is 1. The van der Waals surface area contributed by atoms with Gasteiger partial charge in [-0.05, 0) is 42.3 Å². The van der Waals surface area contributed by atoms with Crippen LogP contribution in [0.4, 0.5) is 0 Å². The molecule has 0 aliphatic rings. The monoisotopic (exact) mass is 306 g/mol. The van der Waals surface area contributed by atoms with Crippen LogP contribution in [0.1, 0.15) is 40.0 Å². The van der Waals surface area contributed by atoms with Crippen LogP contribution in [-0.4, -0.2) is 23.0 Å². The highest BCUT2D eigenvalue weighted by atomic mass is 16.5. The fraction of sp³-hybridized carbons (Fsp3) is 0.211. The molecule has 2 aromatic heterocycles. The van der Waals surface area contributed by atoms with Crippen LogP contribution in [0.5, 0.6) is 0 Å². The maximum atomic E-state index is 12.0. The second kappa shape index (κ2) is 6.16. The van der Waals surface area contributed by atoms with Crippen molar-refractivity contribution in [2.24, 2.45) is 0 Å². The lowest BCUT2D eigenvalue weighted by Crippen LogP contribution is -2.04. The van der Waals surface area contributed by atoms with E-state index in [1.165, 1.54) is 7.11 Å². The van der Waals surface area contributed by atoms with Gasteiger partial charge in [0, 0.05) is 29.4 Å². The van der Waals surface area contributed by atoms with E-state index in [1.54, 1.807) is 12.3 Å².